The Hall–Kier alpha value is -2.14. The Kier molecular flexibility index (Phi) is 5.53. The molecule has 1 aliphatic rings. The predicted molar refractivity (Wildman–Crippen MR) is 97.5 cm³/mol. The second-order valence-electron chi connectivity index (χ2n) is 6.07. The molecule has 6 heteroatoms. The average Bonchev–Trinajstić information content (AvgIpc) is 2.60. The van der Waals surface area contributed by atoms with Gasteiger partial charge < -0.3 is 9.47 Å². The van der Waals surface area contributed by atoms with E-state index >= 15 is 0 Å². The van der Waals surface area contributed by atoms with Crippen LogP contribution in [-0.2, 0) is 4.74 Å². The quantitative estimate of drug-likeness (QED) is 0.559. The van der Waals surface area contributed by atoms with Gasteiger partial charge in [0.05, 0.1) is 36.2 Å². The van der Waals surface area contributed by atoms with Crippen LogP contribution in [0.25, 0.3) is 11.1 Å². The van der Waals surface area contributed by atoms with Crippen LogP contribution in [0.2, 0.25) is 0 Å². The van der Waals surface area contributed by atoms with Gasteiger partial charge in [-0.25, -0.2) is 9.38 Å². The molecule has 130 valence electrons. The van der Waals surface area contributed by atoms with Crippen molar-refractivity contribution in [2.75, 3.05) is 7.11 Å². The minimum Gasteiger partial charge on any atom is -0.494 e. The maximum atomic E-state index is 13.8. The van der Waals surface area contributed by atoms with Gasteiger partial charge in [-0.05, 0) is 55.7 Å². The summed E-state index contributed by atoms with van der Waals surface area (Å²) in [5.41, 5.74) is 2.45. The molecule has 1 unspecified atom stereocenters. The zero-order valence-corrected chi connectivity index (χ0v) is 14.9. The second-order valence-corrected chi connectivity index (χ2v) is 6.25. The van der Waals surface area contributed by atoms with Gasteiger partial charge in [0.1, 0.15) is 0 Å². The Balaban J connectivity index is 1.64. The summed E-state index contributed by atoms with van der Waals surface area (Å²) in [4.78, 5) is 8.52. The van der Waals surface area contributed by atoms with Crippen molar-refractivity contribution in [2.24, 2.45) is 4.99 Å². The Labute approximate surface area is 151 Å². The van der Waals surface area contributed by atoms with Crippen molar-refractivity contribution in [1.29, 1.82) is 0 Å². The Bertz CT molecular complexity index is 785. The number of aliphatic imine (C=N–C) groups is 1. The summed E-state index contributed by atoms with van der Waals surface area (Å²) in [5.74, 6) is -0.161. The molecule has 0 aliphatic heterocycles. The van der Waals surface area contributed by atoms with E-state index in [9.17, 15) is 4.39 Å². The lowest BCUT2D eigenvalue weighted by Crippen LogP contribution is -2.35. The van der Waals surface area contributed by atoms with E-state index in [1.807, 2.05) is 25.1 Å². The minimum atomic E-state index is -0.390. The van der Waals surface area contributed by atoms with Crippen LogP contribution in [0, 0.1) is 5.82 Å². The van der Waals surface area contributed by atoms with Gasteiger partial charge in [-0.2, -0.15) is 0 Å². The number of aromatic nitrogens is 1. The van der Waals surface area contributed by atoms with Gasteiger partial charge in [-0.15, -0.1) is 0 Å². The van der Waals surface area contributed by atoms with Crippen molar-refractivity contribution in [3.63, 3.8) is 0 Å². The molecule has 0 saturated heterocycles. The summed E-state index contributed by atoms with van der Waals surface area (Å²) in [6, 6.07) is 8.94. The highest BCUT2D eigenvalue weighted by molar-refractivity contribution is 7.78. The van der Waals surface area contributed by atoms with Gasteiger partial charge in [0.25, 0.3) is 0 Å². The average molecular weight is 358 g/mol. The number of benzene rings is 1. The van der Waals surface area contributed by atoms with Crippen LogP contribution in [0.5, 0.6) is 5.75 Å². The largest absolute Gasteiger partial charge is 0.494 e. The highest BCUT2D eigenvalue weighted by Crippen LogP contribution is 2.31. The van der Waals surface area contributed by atoms with Crippen LogP contribution in [0.1, 0.15) is 31.6 Å². The predicted octanol–water partition coefficient (Wildman–Crippen LogP) is 4.61. The number of ether oxygens (including phenoxy) is 2. The molecule has 0 bridgehead atoms. The molecule has 25 heavy (non-hydrogen) atoms. The van der Waals surface area contributed by atoms with Gasteiger partial charge >= 0.3 is 0 Å². The molecular formula is C19H19FN2O2S. The van der Waals surface area contributed by atoms with Crippen LogP contribution in [0.4, 0.5) is 4.39 Å². The van der Waals surface area contributed by atoms with Gasteiger partial charge in [0, 0.05) is 11.8 Å². The van der Waals surface area contributed by atoms with E-state index in [0.717, 1.165) is 29.7 Å². The van der Waals surface area contributed by atoms with Crippen molar-refractivity contribution in [2.45, 2.75) is 38.0 Å². The van der Waals surface area contributed by atoms with Crippen LogP contribution in [0.15, 0.2) is 41.5 Å². The number of hydrogen-bond donors (Lipinski definition) is 0. The van der Waals surface area contributed by atoms with Crippen molar-refractivity contribution < 1.29 is 13.9 Å². The molecule has 0 amide bonds. The molecular weight excluding hydrogens is 339 g/mol. The lowest BCUT2D eigenvalue weighted by Gasteiger charge is -2.33. The lowest BCUT2D eigenvalue weighted by molar-refractivity contribution is -0.0538. The molecule has 1 atom stereocenters. The van der Waals surface area contributed by atoms with Crippen molar-refractivity contribution in [3.8, 4) is 16.9 Å². The number of halogens is 1. The molecule has 1 saturated carbocycles. The monoisotopic (exact) mass is 358 g/mol. The summed E-state index contributed by atoms with van der Waals surface area (Å²) in [6.07, 6.45) is 3.55. The Morgan fingerprint density at radius 1 is 1.28 bits per heavy atom. The first-order chi connectivity index (χ1) is 12.1. The van der Waals surface area contributed by atoms with Crippen LogP contribution in [0.3, 0.4) is 0 Å². The number of pyridine rings is 1. The second kappa shape index (κ2) is 7.83. The van der Waals surface area contributed by atoms with Crippen LogP contribution < -0.4 is 4.74 Å². The molecule has 0 spiro atoms. The third-order valence-corrected chi connectivity index (χ3v) is 4.50. The zero-order chi connectivity index (χ0) is 17.8. The third kappa shape index (κ3) is 4.10. The fraction of sp³-hybridized carbons (Fsp3) is 0.368. The van der Waals surface area contributed by atoms with E-state index in [0.29, 0.717) is 0 Å². The first-order valence-electron chi connectivity index (χ1n) is 8.13. The van der Waals surface area contributed by atoms with Gasteiger partial charge in [0.2, 0.25) is 0 Å². The summed E-state index contributed by atoms with van der Waals surface area (Å²) < 4.78 is 24.8. The van der Waals surface area contributed by atoms with E-state index < -0.39 is 0 Å². The maximum absolute atomic E-state index is 13.8. The smallest absolute Gasteiger partial charge is 0.165 e. The molecule has 4 nitrogen and oxygen atoms in total. The van der Waals surface area contributed by atoms with Gasteiger partial charge in [0.15, 0.2) is 11.6 Å². The molecule has 1 fully saturated rings. The van der Waals surface area contributed by atoms with E-state index in [1.165, 1.54) is 13.2 Å². The summed E-state index contributed by atoms with van der Waals surface area (Å²) in [5, 5.41) is 2.41. The van der Waals surface area contributed by atoms with E-state index in [2.05, 4.69) is 27.4 Å². The van der Waals surface area contributed by atoms with Crippen molar-refractivity contribution in [3.05, 3.63) is 48.0 Å². The van der Waals surface area contributed by atoms with E-state index in [-0.39, 0.29) is 29.8 Å². The topological polar surface area (TPSA) is 43.7 Å². The minimum absolute atomic E-state index is 0.107. The van der Waals surface area contributed by atoms with Crippen molar-refractivity contribution >= 4 is 17.4 Å². The number of thiocarbonyl (C=S) groups is 1. The highest BCUT2D eigenvalue weighted by atomic mass is 32.1. The zero-order valence-electron chi connectivity index (χ0n) is 14.1. The Morgan fingerprint density at radius 3 is 2.64 bits per heavy atom. The molecule has 0 radical (unpaired) electrons. The van der Waals surface area contributed by atoms with Gasteiger partial charge in [-0.1, -0.05) is 12.1 Å². The third-order valence-electron chi connectivity index (χ3n) is 4.39. The number of rotatable bonds is 6. The van der Waals surface area contributed by atoms with E-state index in [4.69, 9.17) is 9.47 Å². The maximum Gasteiger partial charge on any atom is 0.165 e. The number of hydrogen-bond acceptors (Lipinski definition) is 5. The Morgan fingerprint density at radius 2 is 2.04 bits per heavy atom. The molecule has 0 N–H and O–H groups in total. The highest BCUT2D eigenvalue weighted by Gasteiger charge is 2.31. The summed E-state index contributed by atoms with van der Waals surface area (Å²) in [6.45, 7) is 1.98. The van der Waals surface area contributed by atoms with Gasteiger partial charge in [-0.3, -0.25) is 4.98 Å². The van der Waals surface area contributed by atoms with Crippen LogP contribution >= 0.6 is 12.2 Å². The fourth-order valence-electron chi connectivity index (χ4n) is 2.85. The molecule has 1 aromatic carbocycles. The molecule has 1 aliphatic carbocycles. The fourth-order valence-corrected chi connectivity index (χ4v) is 3.00. The number of methoxy groups -OCH3 is 1. The first-order valence-corrected chi connectivity index (χ1v) is 8.54. The standard InChI is InChI=1S/C19H19FN2O2S/c1-12(24-16-8-15(9-16)22-11-25)18-5-3-14(10-21-18)13-4-6-19(23-2)17(20)7-13/h3-7,10,12,15-16H,8-9H2,1-2H3. The lowest BCUT2D eigenvalue weighted by atomic mass is 9.90. The SMILES string of the molecule is COc1ccc(-c2ccc(C(C)OC3CC(N=C=S)C3)nc2)cc1F. The first kappa shape index (κ1) is 17.7. The summed E-state index contributed by atoms with van der Waals surface area (Å²) >= 11 is 4.61. The molecule has 1 aromatic heterocycles. The number of isothiocyanates is 1. The molecule has 3 rings (SSSR count). The van der Waals surface area contributed by atoms with E-state index in [1.54, 1.807) is 12.3 Å². The van der Waals surface area contributed by atoms with Crippen molar-refractivity contribution in [1.82, 2.24) is 4.98 Å². The number of nitrogens with zero attached hydrogens (tertiary/aromatic N) is 2. The normalized spacial score (nSPS) is 20.3. The molecule has 1 heterocycles. The molecule has 2 aromatic rings. The van der Waals surface area contributed by atoms with Crippen LogP contribution in [-0.4, -0.2) is 29.4 Å². The summed E-state index contributed by atoms with van der Waals surface area (Å²) in [7, 11) is 1.45.